The van der Waals surface area contributed by atoms with E-state index in [0.717, 1.165) is 53.7 Å². The van der Waals surface area contributed by atoms with Gasteiger partial charge in [0.2, 0.25) is 9.84 Å². The summed E-state index contributed by atoms with van der Waals surface area (Å²) in [5.41, 5.74) is 7.17. The highest BCUT2D eigenvalue weighted by Gasteiger charge is 2.36. The Morgan fingerprint density at radius 3 is 1.17 bits per heavy atom. The van der Waals surface area contributed by atoms with Crippen molar-refractivity contribution in [3.8, 4) is 0 Å². The number of hydrogen-bond acceptors (Lipinski definition) is 7. The first kappa shape index (κ1) is 27.7. The van der Waals surface area contributed by atoms with Crippen molar-refractivity contribution < 1.29 is 8.42 Å². The Kier molecular flexibility index (Phi) is 6.29. The second-order valence-electron chi connectivity index (χ2n) is 11.3. The Morgan fingerprint density at radius 1 is 0.478 bits per heavy atom. The highest BCUT2D eigenvalue weighted by atomic mass is 32.2. The standard InChI is InChI=1S/C38H27N3O2S3/c1-2-39-31-21-19-25(40-27-11-3-7-15-33(27)44-34-16-8-4-12-28(34)40)23-37(31)46(42,43)38-24-26(20-22-32(38)39)41-29-13-5-9-17-35(29)45-36-18-10-6-14-30(36)41/h3-24H,2H2,1H3. The van der Waals surface area contributed by atoms with Gasteiger partial charge in [-0.05, 0) is 91.9 Å². The number of hydrogen-bond donors (Lipinski definition) is 0. The lowest BCUT2D eigenvalue weighted by atomic mass is 10.1. The van der Waals surface area contributed by atoms with Gasteiger partial charge in [0.1, 0.15) is 0 Å². The van der Waals surface area contributed by atoms with Crippen molar-refractivity contribution in [2.45, 2.75) is 36.3 Å². The van der Waals surface area contributed by atoms with Gasteiger partial charge in [0.05, 0.1) is 43.9 Å². The fraction of sp³-hybridized carbons (Fsp3) is 0.0526. The van der Waals surface area contributed by atoms with E-state index >= 15 is 0 Å². The van der Waals surface area contributed by atoms with Gasteiger partial charge in [0.15, 0.2) is 0 Å². The number of anilines is 8. The summed E-state index contributed by atoms with van der Waals surface area (Å²) >= 11 is 3.47. The maximum Gasteiger partial charge on any atom is 0.210 e. The van der Waals surface area contributed by atoms with Gasteiger partial charge < -0.3 is 14.7 Å². The third-order valence-electron chi connectivity index (χ3n) is 8.74. The fourth-order valence-corrected chi connectivity index (χ4v) is 10.5. The second kappa shape index (κ2) is 10.5. The molecule has 8 heteroatoms. The summed E-state index contributed by atoms with van der Waals surface area (Å²) in [6.45, 7) is 2.70. The topological polar surface area (TPSA) is 43.9 Å². The van der Waals surface area contributed by atoms with Gasteiger partial charge in [0.25, 0.3) is 0 Å². The van der Waals surface area contributed by atoms with E-state index in [0.29, 0.717) is 27.7 Å². The minimum Gasteiger partial charge on any atom is -0.340 e. The average Bonchev–Trinajstić information content (AvgIpc) is 3.09. The number of nitrogens with zero attached hydrogens (tertiary/aromatic N) is 3. The molecule has 0 N–H and O–H groups in total. The van der Waals surface area contributed by atoms with E-state index in [2.05, 4.69) is 70.2 Å². The van der Waals surface area contributed by atoms with Crippen molar-refractivity contribution in [2.24, 2.45) is 0 Å². The van der Waals surface area contributed by atoms with Gasteiger partial charge in [0, 0.05) is 37.5 Å². The van der Waals surface area contributed by atoms with E-state index in [1.807, 2.05) is 84.9 Å². The molecule has 0 fully saturated rings. The zero-order chi connectivity index (χ0) is 31.0. The van der Waals surface area contributed by atoms with Crippen LogP contribution < -0.4 is 14.7 Å². The van der Waals surface area contributed by atoms with Crippen molar-refractivity contribution in [1.82, 2.24) is 0 Å². The van der Waals surface area contributed by atoms with Crippen LogP contribution in [0.25, 0.3) is 0 Å². The quantitative estimate of drug-likeness (QED) is 0.188. The molecule has 0 radical (unpaired) electrons. The maximum atomic E-state index is 14.7. The highest BCUT2D eigenvalue weighted by Crippen LogP contribution is 2.55. The Hall–Kier alpha value is -4.63. The fourth-order valence-electron chi connectivity index (χ4n) is 6.71. The van der Waals surface area contributed by atoms with Crippen molar-refractivity contribution in [1.29, 1.82) is 0 Å². The van der Waals surface area contributed by atoms with E-state index in [9.17, 15) is 8.42 Å². The molecule has 6 aromatic carbocycles. The van der Waals surface area contributed by atoms with Crippen molar-refractivity contribution in [3.05, 3.63) is 133 Å². The van der Waals surface area contributed by atoms with Crippen LogP contribution in [0.2, 0.25) is 0 Å². The zero-order valence-corrected chi connectivity index (χ0v) is 27.2. The smallest absolute Gasteiger partial charge is 0.210 e. The third kappa shape index (κ3) is 4.07. The Balaban J connectivity index is 1.22. The first-order valence-corrected chi connectivity index (χ1v) is 18.3. The molecule has 3 aliphatic heterocycles. The van der Waals surface area contributed by atoms with E-state index in [-0.39, 0.29) is 0 Å². The largest absolute Gasteiger partial charge is 0.340 e. The second-order valence-corrected chi connectivity index (χ2v) is 15.4. The predicted octanol–water partition coefficient (Wildman–Crippen LogP) is 10.9. The summed E-state index contributed by atoms with van der Waals surface area (Å²) in [7, 11) is -3.88. The lowest BCUT2D eigenvalue weighted by Gasteiger charge is -2.37. The molecule has 0 atom stereocenters. The normalized spacial score (nSPS) is 15.2. The van der Waals surface area contributed by atoms with Crippen LogP contribution in [0, 0.1) is 0 Å². The number of benzene rings is 6. The monoisotopic (exact) mass is 653 g/mol. The van der Waals surface area contributed by atoms with Crippen LogP contribution in [-0.2, 0) is 9.84 Å². The van der Waals surface area contributed by atoms with Gasteiger partial charge in [-0.3, -0.25) is 0 Å². The van der Waals surface area contributed by atoms with E-state index in [4.69, 9.17) is 0 Å². The predicted molar refractivity (Wildman–Crippen MR) is 189 cm³/mol. The van der Waals surface area contributed by atoms with Crippen LogP contribution in [-0.4, -0.2) is 15.0 Å². The minimum atomic E-state index is -3.88. The number of rotatable bonds is 3. The van der Waals surface area contributed by atoms with Crippen LogP contribution in [0.5, 0.6) is 0 Å². The first-order valence-electron chi connectivity index (χ1n) is 15.2. The molecule has 3 aliphatic rings. The highest BCUT2D eigenvalue weighted by molar-refractivity contribution is 8.00. The van der Waals surface area contributed by atoms with Crippen LogP contribution in [0.1, 0.15) is 6.92 Å². The van der Waals surface area contributed by atoms with E-state index < -0.39 is 9.84 Å². The molecule has 0 saturated carbocycles. The van der Waals surface area contributed by atoms with Crippen molar-refractivity contribution in [2.75, 3.05) is 21.2 Å². The summed E-state index contributed by atoms with van der Waals surface area (Å²) in [6.07, 6.45) is 0. The molecule has 0 aromatic heterocycles. The van der Waals surface area contributed by atoms with Crippen LogP contribution in [0.4, 0.5) is 45.5 Å². The molecule has 3 heterocycles. The van der Waals surface area contributed by atoms with Gasteiger partial charge in [-0.25, -0.2) is 8.42 Å². The Bertz CT molecular complexity index is 2080. The molecule has 0 aliphatic carbocycles. The van der Waals surface area contributed by atoms with Gasteiger partial charge in [-0.2, -0.15) is 0 Å². The molecule has 0 bridgehead atoms. The molecule has 0 unspecified atom stereocenters. The summed E-state index contributed by atoms with van der Waals surface area (Å²) in [4.78, 5) is 11.6. The van der Waals surface area contributed by atoms with Gasteiger partial charge in [-0.1, -0.05) is 72.1 Å². The van der Waals surface area contributed by atoms with Crippen LogP contribution in [0.15, 0.2) is 163 Å². The molecule has 0 amide bonds. The van der Waals surface area contributed by atoms with Gasteiger partial charge in [-0.15, -0.1) is 0 Å². The molecule has 5 nitrogen and oxygen atoms in total. The summed E-state index contributed by atoms with van der Waals surface area (Å²) in [6, 6.07) is 44.8. The minimum absolute atomic E-state index is 0.319. The average molecular weight is 654 g/mol. The lowest BCUT2D eigenvalue weighted by Crippen LogP contribution is -2.27. The third-order valence-corrected chi connectivity index (χ3v) is 12.8. The number of fused-ring (bicyclic) bond motifs is 6. The van der Waals surface area contributed by atoms with Gasteiger partial charge >= 0.3 is 0 Å². The SMILES string of the molecule is CCN1c2ccc(N3c4ccccc4Sc4ccccc43)cc2S(=O)(=O)c2cc(N3c4ccccc4Sc4ccccc43)ccc21. The zero-order valence-electron chi connectivity index (χ0n) is 24.8. The summed E-state index contributed by atoms with van der Waals surface area (Å²) in [5, 5.41) is 0. The molecule has 9 rings (SSSR count). The van der Waals surface area contributed by atoms with Crippen molar-refractivity contribution >= 4 is 78.9 Å². The maximum absolute atomic E-state index is 14.7. The summed E-state index contributed by atoms with van der Waals surface area (Å²) in [5.74, 6) is 0. The molecule has 224 valence electrons. The number of para-hydroxylation sites is 4. The van der Waals surface area contributed by atoms with E-state index in [1.54, 1.807) is 23.5 Å². The molecular weight excluding hydrogens is 627 g/mol. The summed E-state index contributed by atoms with van der Waals surface area (Å²) < 4.78 is 29.5. The van der Waals surface area contributed by atoms with Crippen molar-refractivity contribution in [3.63, 3.8) is 0 Å². The van der Waals surface area contributed by atoms with E-state index in [1.165, 1.54) is 0 Å². The number of sulfone groups is 1. The Labute approximate surface area is 277 Å². The van der Waals surface area contributed by atoms with Crippen LogP contribution in [0.3, 0.4) is 0 Å². The Morgan fingerprint density at radius 2 is 0.826 bits per heavy atom. The molecule has 0 spiro atoms. The van der Waals surface area contributed by atoms with Crippen LogP contribution >= 0.6 is 23.5 Å². The molecule has 0 saturated heterocycles. The molecule has 46 heavy (non-hydrogen) atoms. The molecule has 6 aromatic rings. The first-order chi connectivity index (χ1) is 22.5. The molecular formula is C38H27N3O2S3. The lowest BCUT2D eigenvalue weighted by molar-refractivity contribution is 0.594.